The molecule has 0 bridgehead atoms. The van der Waals surface area contributed by atoms with Crippen LogP contribution in [0.2, 0.25) is 0 Å². The highest BCUT2D eigenvalue weighted by atomic mass is 16.6. The van der Waals surface area contributed by atoms with E-state index in [1.165, 1.54) is 0 Å². The van der Waals surface area contributed by atoms with Crippen LogP contribution < -0.4 is 0 Å². The highest BCUT2D eigenvalue weighted by Crippen LogP contribution is 2.42. The molecule has 1 heterocycles. The first kappa shape index (κ1) is 13.9. The van der Waals surface area contributed by atoms with Crippen LogP contribution in [-0.4, -0.2) is 11.1 Å². The quantitative estimate of drug-likeness (QED) is 0.862. The second-order valence-corrected chi connectivity index (χ2v) is 5.20. The van der Waals surface area contributed by atoms with Gasteiger partial charge in [-0.2, -0.15) is 5.26 Å². The summed E-state index contributed by atoms with van der Waals surface area (Å²) >= 11 is 0. The number of aliphatic hydroxyl groups is 1. The minimum Gasteiger partial charge on any atom is -0.507 e. The first-order valence-electron chi connectivity index (χ1n) is 6.79. The Hall–Kier alpha value is -3.06. The van der Waals surface area contributed by atoms with Crippen molar-refractivity contribution in [3.05, 3.63) is 77.0 Å². The number of carbonyl (C=O) groups excluding carboxylic acids is 1. The second-order valence-electron chi connectivity index (χ2n) is 5.20. The SMILES string of the molecule is CC1(c2ccccc2)OC(=O)C(c2ccc(C#N)cc2)=C1O. The van der Waals surface area contributed by atoms with E-state index in [0.29, 0.717) is 16.7 Å². The summed E-state index contributed by atoms with van der Waals surface area (Å²) in [5.74, 6) is -0.693. The third-order valence-corrected chi connectivity index (χ3v) is 3.82. The summed E-state index contributed by atoms with van der Waals surface area (Å²) in [7, 11) is 0. The van der Waals surface area contributed by atoms with Crippen molar-refractivity contribution in [2.75, 3.05) is 0 Å². The molecule has 1 aliphatic heterocycles. The first-order valence-corrected chi connectivity index (χ1v) is 6.79. The normalized spacial score (nSPS) is 20.6. The van der Waals surface area contributed by atoms with Gasteiger partial charge in [0.2, 0.25) is 0 Å². The fourth-order valence-electron chi connectivity index (χ4n) is 2.54. The van der Waals surface area contributed by atoms with Gasteiger partial charge < -0.3 is 9.84 Å². The Morgan fingerprint density at radius 2 is 1.73 bits per heavy atom. The predicted molar refractivity (Wildman–Crippen MR) is 80.6 cm³/mol. The van der Waals surface area contributed by atoms with Crippen molar-refractivity contribution in [1.29, 1.82) is 5.26 Å². The Bertz CT molecular complexity index is 800. The van der Waals surface area contributed by atoms with Gasteiger partial charge in [-0.25, -0.2) is 4.79 Å². The van der Waals surface area contributed by atoms with Crippen LogP contribution in [0.5, 0.6) is 0 Å². The molecule has 0 amide bonds. The molecule has 0 saturated heterocycles. The molecule has 0 aliphatic carbocycles. The zero-order valence-corrected chi connectivity index (χ0v) is 11.9. The number of aliphatic hydroxyl groups excluding tert-OH is 1. The Morgan fingerprint density at radius 1 is 1.09 bits per heavy atom. The van der Waals surface area contributed by atoms with Gasteiger partial charge >= 0.3 is 5.97 Å². The summed E-state index contributed by atoms with van der Waals surface area (Å²) in [6, 6.07) is 17.6. The molecule has 2 aromatic rings. The molecule has 0 saturated carbocycles. The van der Waals surface area contributed by atoms with Crippen LogP contribution in [0.15, 0.2) is 60.4 Å². The molecule has 108 valence electrons. The molecule has 1 N–H and O–H groups in total. The molecule has 0 aromatic heterocycles. The zero-order chi connectivity index (χ0) is 15.7. The van der Waals surface area contributed by atoms with Crippen LogP contribution in [0.3, 0.4) is 0 Å². The van der Waals surface area contributed by atoms with E-state index < -0.39 is 11.6 Å². The van der Waals surface area contributed by atoms with Gasteiger partial charge in [0, 0.05) is 5.56 Å². The van der Waals surface area contributed by atoms with E-state index in [4.69, 9.17) is 10.00 Å². The monoisotopic (exact) mass is 291 g/mol. The van der Waals surface area contributed by atoms with Crippen molar-refractivity contribution in [3.63, 3.8) is 0 Å². The molecule has 3 rings (SSSR count). The van der Waals surface area contributed by atoms with E-state index in [-0.39, 0.29) is 11.3 Å². The van der Waals surface area contributed by atoms with Gasteiger partial charge in [0.05, 0.1) is 11.6 Å². The Balaban J connectivity index is 2.10. The Morgan fingerprint density at radius 3 is 2.32 bits per heavy atom. The van der Waals surface area contributed by atoms with Crippen LogP contribution >= 0.6 is 0 Å². The van der Waals surface area contributed by atoms with Gasteiger partial charge in [-0.15, -0.1) is 0 Å². The lowest BCUT2D eigenvalue weighted by molar-refractivity contribution is -0.146. The number of nitriles is 1. The molecular weight excluding hydrogens is 278 g/mol. The third kappa shape index (κ3) is 2.04. The van der Waals surface area contributed by atoms with E-state index in [0.717, 1.165) is 0 Å². The molecule has 4 nitrogen and oxygen atoms in total. The largest absolute Gasteiger partial charge is 0.507 e. The molecule has 1 aliphatic rings. The maximum Gasteiger partial charge on any atom is 0.343 e. The van der Waals surface area contributed by atoms with Crippen LogP contribution in [0, 0.1) is 11.3 Å². The van der Waals surface area contributed by atoms with E-state index in [2.05, 4.69) is 0 Å². The third-order valence-electron chi connectivity index (χ3n) is 3.82. The average Bonchev–Trinajstić information content (AvgIpc) is 2.79. The average molecular weight is 291 g/mol. The maximum absolute atomic E-state index is 12.2. The molecular formula is C18H13NO3. The van der Waals surface area contributed by atoms with Crippen LogP contribution in [0.1, 0.15) is 23.6 Å². The molecule has 0 spiro atoms. The standard InChI is InChI=1S/C18H13NO3/c1-18(14-5-3-2-4-6-14)16(20)15(17(21)22-18)13-9-7-12(11-19)8-10-13/h2-10,20H,1H3. The summed E-state index contributed by atoms with van der Waals surface area (Å²) in [4.78, 5) is 12.2. The number of benzene rings is 2. The highest BCUT2D eigenvalue weighted by molar-refractivity contribution is 6.19. The number of cyclic esters (lactones) is 1. The minimum absolute atomic E-state index is 0.117. The summed E-state index contributed by atoms with van der Waals surface area (Å²) in [6.45, 7) is 1.66. The van der Waals surface area contributed by atoms with Crippen LogP contribution in [-0.2, 0) is 15.1 Å². The summed E-state index contributed by atoms with van der Waals surface area (Å²) in [5.41, 5.74) is 0.657. The van der Waals surface area contributed by atoms with Gasteiger partial charge in [-0.3, -0.25) is 0 Å². The second kappa shape index (κ2) is 5.05. The molecule has 0 fully saturated rings. The summed E-state index contributed by atoms with van der Waals surface area (Å²) in [6.07, 6.45) is 0. The topological polar surface area (TPSA) is 70.3 Å². The summed E-state index contributed by atoms with van der Waals surface area (Å²) < 4.78 is 5.44. The molecule has 1 atom stereocenters. The number of hydrogen-bond donors (Lipinski definition) is 1. The van der Waals surface area contributed by atoms with Crippen molar-refractivity contribution in [2.45, 2.75) is 12.5 Å². The van der Waals surface area contributed by atoms with E-state index in [1.807, 2.05) is 24.3 Å². The van der Waals surface area contributed by atoms with Crippen molar-refractivity contribution >= 4 is 11.5 Å². The van der Waals surface area contributed by atoms with Gasteiger partial charge in [-0.05, 0) is 24.6 Å². The fourth-order valence-corrected chi connectivity index (χ4v) is 2.54. The molecule has 2 aromatic carbocycles. The number of esters is 1. The predicted octanol–water partition coefficient (Wildman–Crippen LogP) is 3.30. The lowest BCUT2D eigenvalue weighted by atomic mass is 9.91. The first-order chi connectivity index (χ1) is 10.6. The zero-order valence-electron chi connectivity index (χ0n) is 11.9. The van der Waals surface area contributed by atoms with Crippen LogP contribution in [0.25, 0.3) is 5.57 Å². The Labute approximate surface area is 127 Å². The van der Waals surface area contributed by atoms with Gasteiger partial charge in [0.25, 0.3) is 0 Å². The van der Waals surface area contributed by atoms with Crippen molar-refractivity contribution in [1.82, 2.24) is 0 Å². The van der Waals surface area contributed by atoms with Crippen molar-refractivity contribution in [3.8, 4) is 6.07 Å². The Kier molecular flexibility index (Phi) is 3.19. The minimum atomic E-state index is -1.19. The number of ether oxygens (including phenoxy) is 1. The maximum atomic E-state index is 12.2. The number of rotatable bonds is 2. The van der Waals surface area contributed by atoms with E-state index >= 15 is 0 Å². The molecule has 0 radical (unpaired) electrons. The molecule has 22 heavy (non-hydrogen) atoms. The smallest absolute Gasteiger partial charge is 0.343 e. The van der Waals surface area contributed by atoms with Gasteiger partial charge in [0.15, 0.2) is 11.4 Å². The highest BCUT2D eigenvalue weighted by Gasteiger charge is 2.46. The van der Waals surface area contributed by atoms with Gasteiger partial charge in [0.1, 0.15) is 5.57 Å². The number of carbonyl (C=O) groups is 1. The number of nitrogens with zero attached hydrogens (tertiary/aromatic N) is 1. The van der Waals surface area contributed by atoms with E-state index in [1.54, 1.807) is 43.3 Å². The molecule has 1 unspecified atom stereocenters. The van der Waals surface area contributed by atoms with E-state index in [9.17, 15) is 9.90 Å². The van der Waals surface area contributed by atoms with Gasteiger partial charge in [-0.1, -0.05) is 42.5 Å². The lowest BCUT2D eigenvalue weighted by Crippen LogP contribution is -2.25. The van der Waals surface area contributed by atoms with Crippen molar-refractivity contribution in [2.24, 2.45) is 0 Å². The fraction of sp³-hybridized carbons (Fsp3) is 0.111. The molecule has 4 heteroatoms. The van der Waals surface area contributed by atoms with Crippen LogP contribution in [0.4, 0.5) is 0 Å². The van der Waals surface area contributed by atoms with Crippen molar-refractivity contribution < 1.29 is 14.6 Å². The number of hydrogen-bond acceptors (Lipinski definition) is 4. The lowest BCUT2D eigenvalue weighted by Gasteiger charge is -2.23. The summed E-state index contributed by atoms with van der Waals surface area (Å²) in [5, 5.41) is 19.4.